The highest BCUT2D eigenvalue weighted by molar-refractivity contribution is 5.97. The number of nitrogens with zero attached hydrogens (tertiary/aromatic N) is 1. The van der Waals surface area contributed by atoms with Crippen LogP contribution in [-0.4, -0.2) is 47.2 Å². The summed E-state index contributed by atoms with van der Waals surface area (Å²) in [7, 11) is 2.00. The number of rotatable bonds is 2. The van der Waals surface area contributed by atoms with Crippen molar-refractivity contribution >= 4 is 5.91 Å². The summed E-state index contributed by atoms with van der Waals surface area (Å²) in [6.45, 7) is 1.77. The van der Waals surface area contributed by atoms with Crippen LogP contribution in [0, 0.1) is 0 Å². The minimum absolute atomic E-state index is 0.106. The summed E-state index contributed by atoms with van der Waals surface area (Å²) in [4.78, 5) is 14.0. The first-order valence-corrected chi connectivity index (χ1v) is 5.58. The first-order chi connectivity index (χ1) is 8.08. The largest absolute Gasteiger partial charge is 0.504 e. The third-order valence-corrected chi connectivity index (χ3v) is 2.99. The second kappa shape index (κ2) is 4.63. The Kier molecular flexibility index (Phi) is 3.19. The Morgan fingerprint density at radius 3 is 2.88 bits per heavy atom. The minimum atomic E-state index is -0.364. The quantitative estimate of drug-likeness (QED) is 0.655. The summed E-state index contributed by atoms with van der Waals surface area (Å²) >= 11 is 0. The van der Waals surface area contributed by atoms with Crippen LogP contribution in [0.2, 0.25) is 0 Å². The Hall–Kier alpha value is -1.75. The van der Waals surface area contributed by atoms with Crippen LogP contribution in [0.15, 0.2) is 18.2 Å². The van der Waals surface area contributed by atoms with E-state index in [4.69, 9.17) is 0 Å². The zero-order valence-electron chi connectivity index (χ0n) is 9.68. The molecule has 3 N–H and O–H groups in total. The Morgan fingerprint density at radius 1 is 1.47 bits per heavy atom. The van der Waals surface area contributed by atoms with Gasteiger partial charge in [-0.25, -0.2) is 0 Å². The molecule has 1 saturated heterocycles. The Morgan fingerprint density at radius 2 is 2.24 bits per heavy atom. The molecule has 1 aliphatic heterocycles. The monoisotopic (exact) mass is 236 g/mol. The third kappa shape index (κ3) is 2.50. The van der Waals surface area contributed by atoms with Crippen molar-refractivity contribution in [1.29, 1.82) is 0 Å². The standard InChI is InChI=1S/C12H16N2O3/c1-14-6-5-8(7-14)13-12(17)9-3-2-4-10(15)11(9)16/h2-4,8,15-16H,5-7H2,1H3,(H,13,17). The summed E-state index contributed by atoms with van der Waals surface area (Å²) < 4.78 is 0. The molecule has 0 spiro atoms. The molecule has 1 aliphatic rings. The second-order valence-corrected chi connectivity index (χ2v) is 4.39. The van der Waals surface area contributed by atoms with Gasteiger partial charge in [-0.15, -0.1) is 0 Å². The maximum atomic E-state index is 11.9. The second-order valence-electron chi connectivity index (χ2n) is 4.39. The summed E-state index contributed by atoms with van der Waals surface area (Å²) in [5.41, 5.74) is 0.111. The fourth-order valence-corrected chi connectivity index (χ4v) is 2.03. The topological polar surface area (TPSA) is 72.8 Å². The normalized spacial score (nSPS) is 20.4. The van der Waals surface area contributed by atoms with Gasteiger partial charge in [0.15, 0.2) is 11.5 Å². The molecule has 1 atom stereocenters. The van der Waals surface area contributed by atoms with Crippen LogP contribution in [-0.2, 0) is 0 Å². The molecule has 5 nitrogen and oxygen atoms in total. The molecule has 0 radical (unpaired) electrons. The summed E-state index contributed by atoms with van der Waals surface area (Å²) in [5.74, 6) is -0.990. The maximum Gasteiger partial charge on any atom is 0.255 e. The van der Waals surface area contributed by atoms with E-state index in [0.29, 0.717) is 0 Å². The lowest BCUT2D eigenvalue weighted by Gasteiger charge is -2.13. The maximum absolute atomic E-state index is 11.9. The van der Waals surface area contributed by atoms with Crippen LogP contribution in [0.1, 0.15) is 16.8 Å². The number of benzene rings is 1. The first-order valence-electron chi connectivity index (χ1n) is 5.58. The Labute approximate surface area is 99.7 Å². The van der Waals surface area contributed by atoms with Gasteiger partial charge in [0.1, 0.15) is 0 Å². The van der Waals surface area contributed by atoms with Crippen LogP contribution in [0.3, 0.4) is 0 Å². The summed E-state index contributed by atoms with van der Waals surface area (Å²) in [6, 6.07) is 4.47. The smallest absolute Gasteiger partial charge is 0.255 e. The summed E-state index contributed by atoms with van der Waals surface area (Å²) in [6.07, 6.45) is 0.905. The van der Waals surface area contributed by atoms with E-state index in [-0.39, 0.29) is 29.0 Å². The van der Waals surface area contributed by atoms with Gasteiger partial charge in [0.05, 0.1) is 5.56 Å². The van der Waals surface area contributed by atoms with Crippen LogP contribution in [0.5, 0.6) is 11.5 Å². The first kappa shape index (κ1) is 11.7. The number of amides is 1. The van der Waals surface area contributed by atoms with Gasteiger partial charge >= 0.3 is 0 Å². The molecule has 0 aromatic heterocycles. The number of para-hydroxylation sites is 1. The van der Waals surface area contributed by atoms with Crippen molar-refractivity contribution in [2.45, 2.75) is 12.5 Å². The van der Waals surface area contributed by atoms with Gasteiger partial charge in [-0.05, 0) is 32.1 Å². The van der Waals surface area contributed by atoms with Crippen molar-refractivity contribution in [3.8, 4) is 11.5 Å². The summed E-state index contributed by atoms with van der Waals surface area (Å²) in [5, 5.41) is 21.7. The lowest BCUT2D eigenvalue weighted by Crippen LogP contribution is -2.36. The van der Waals surface area contributed by atoms with Gasteiger partial charge in [0.25, 0.3) is 5.91 Å². The highest BCUT2D eigenvalue weighted by Crippen LogP contribution is 2.28. The van der Waals surface area contributed by atoms with Gasteiger partial charge in [-0.3, -0.25) is 4.79 Å². The van der Waals surface area contributed by atoms with E-state index < -0.39 is 0 Å². The van der Waals surface area contributed by atoms with E-state index in [0.717, 1.165) is 19.5 Å². The van der Waals surface area contributed by atoms with E-state index >= 15 is 0 Å². The van der Waals surface area contributed by atoms with Crippen LogP contribution in [0.4, 0.5) is 0 Å². The van der Waals surface area contributed by atoms with Crippen molar-refractivity contribution in [1.82, 2.24) is 10.2 Å². The average Bonchev–Trinajstić information content (AvgIpc) is 2.68. The fraction of sp³-hybridized carbons (Fsp3) is 0.417. The number of nitrogens with one attached hydrogen (secondary N) is 1. The lowest BCUT2D eigenvalue weighted by molar-refractivity contribution is 0.0935. The predicted molar refractivity (Wildman–Crippen MR) is 63.1 cm³/mol. The minimum Gasteiger partial charge on any atom is -0.504 e. The Balaban J connectivity index is 2.07. The molecule has 5 heteroatoms. The molecule has 1 heterocycles. The van der Waals surface area contributed by atoms with Crippen LogP contribution in [0.25, 0.3) is 0 Å². The molecule has 1 aromatic rings. The van der Waals surface area contributed by atoms with Crippen LogP contribution < -0.4 is 5.32 Å². The van der Waals surface area contributed by atoms with Gasteiger partial charge in [0, 0.05) is 12.6 Å². The molecule has 0 saturated carbocycles. The molecule has 92 valence electrons. The zero-order valence-corrected chi connectivity index (χ0v) is 9.68. The van der Waals surface area contributed by atoms with Gasteiger partial charge in [-0.1, -0.05) is 6.07 Å². The van der Waals surface area contributed by atoms with Crippen molar-refractivity contribution in [2.75, 3.05) is 20.1 Å². The number of phenols is 2. The highest BCUT2D eigenvalue weighted by atomic mass is 16.3. The number of hydrogen-bond donors (Lipinski definition) is 3. The number of carbonyl (C=O) groups is 1. The van der Waals surface area contributed by atoms with Crippen molar-refractivity contribution in [2.24, 2.45) is 0 Å². The van der Waals surface area contributed by atoms with E-state index in [9.17, 15) is 15.0 Å². The number of carbonyl (C=O) groups excluding carboxylic acids is 1. The van der Waals surface area contributed by atoms with E-state index in [1.807, 2.05) is 7.05 Å². The van der Waals surface area contributed by atoms with Gasteiger partial charge < -0.3 is 20.4 Å². The lowest BCUT2D eigenvalue weighted by atomic mass is 10.1. The zero-order chi connectivity index (χ0) is 12.4. The number of aromatic hydroxyl groups is 2. The third-order valence-electron chi connectivity index (χ3n) is 2.99. The van der Waals surface area contributed by atoms with E-state index in [2.05, 4.69) is 10.2 Å². The highest BCUT2D eigenvalue weighted by Gasteiger charge is 2.23. The number of likely N-dealkylation sites (N-methyl/N-ethyl adjacent to an activating group) is 1. The predicted octanol–water partition coefficient (Wildman–Crippen LogP) is 0.532. The Bertz CT molecular complexity index is 434. The van der Waals surface area contributed by atoms with E-state index in [1.54, 1.807) is 0 Å². The molecule has 17 heavy (non-hydrogen) atoms. The average molecular weight is 236 g/mol. The number of hydrogen-bond acceptors (Lipinski definition) is 4. The van der Waals surface area contributed by atoms with Crippen LogP contribution >= 0.6 is 0 Å². The molecule has 0 bridgehead atoms. The van der Waals surface area contributed by atoms with E-state index in [1.165, 1.54) is 18.2 Å². The van der Waals surface area contributed by atoms with Crippen molar-refractivity contribution < 1.29 is 15.0 Å². The number of phenolic OH excluding ortho intramolecular Hbond substituents is 2. The van der Waals surface area contributed by atoms with Crippen molar-refractivity contribution in [3.05, 3.63) is 23.8 Å². The van der Waals surface area contributed by atoms with Crippen molar-refractivity contribution in [3.63, 3.8) is 0 Å². The fourth-order valence-electron chi connectivity index (χ4n) is 2.03. The molecule has 1 amide bonds. The molecular weight excluding hydrogens is 220 g/mol. The SMILES string of the molecule is CN1CCC(NC(=O)c2cccc(O)c2O)C1. The molecule has 0 aliphatic carbocycles. The molecule has 2 rings (SSSR count). The van der Waals surface area contributed by atoms with Gasteiger partial charge in [0.2, 0.25) is 0 Å². The molecule has 1 unspecified atom stereocenters. The number of likely N-dealkylation sites (tertiary alicyclic amines) is 1. The molecule has 1 fully saturated rings. The molecular formula is C12H16N2O3. The molecule has 1 aromatic carbocycles. The van der Waals surface area contributed by atoms with Gasteiger partial charge in [-0.2, -0.15) is 0 Å².